The molecule has 2 atom stereocenters. The molecule has 0 aliphatic rings. The second-order valence-corrected chi connectivity index (χ2v) is 26.8. The molecule has 0 aliphatic carbocycles. The van der Waals surface area contributed by atoms with Gasteiger partial charge in [-0.05, 0) is 110 Å². The van der Waals surface area contributed by atoms with Crippen LogP contribution >= 0.6 is 0 Å². The van der Waals surface area contributed by atoms with E-state index in [4.69, 9.17) is 63.0 Å². The van der Waals surface area contributed by atoms with E-state index in [1.54, 1.807) is 78.9 Å². The van der Waals surface area contributed by atoms with Crippen molar-refractivity contribution in [1.29, 1.82) is 0 Å². The van der Waals surface area contributed by atoms with Gasteiger partial charge in [0.25, 0.3) is 6.47 Å². The summed E-state index contributed by atoms with van der Waals surface area (Å²) < 4.78 is 55.6. The number of aryl methyl sites for hydroxylation is 3. The fraction of sp³-hybridized carbons (Fsp3) is 0.411. The number of benzene rings is 7. The number of rotatable bonds is 36. The van der Waals surface area contributed by atoms with Crippen molar-refractivity contribution in [2.45, 2.75) is 215 Å². The fourth-order valence-electron chi connectivity index (χ4n) is 10.1. The smallest absolute Gasteiger partial charge is 0.870 e. The van der Waals surface area contributed by atoms with Crippen molar-refractivity contribution in [3.8, 4) is 40.2 Å². The van der Waals surface area contributed by atoms with E-state index < -0.39 is 28.3 Å². The average molecular weight is 1880 g/mol. The number of hydrogen-bond donors (Lipinski definition) is 13. The topological polar surface area (TPSA) is 565 Å². The number of allylic oxidation sites excluding steroid dienone is 2. The van der Waals surface area contributed by atoms with Gasteiger partial charge >= 0.3 is 124 Å². The van der Waals surface area contributed by atoms with Gasteiger partial charge in [-0.15, -0.1) is 6.58 Å². The monoisotopic (exact) mass is 1870 g/mol. The summed E-state index contributed by atoms with van der Waals surface area (Å²) in [6.07, 6.45) is 22.7. The SMILES string of the molecule is C=CC(CC)Oc1ccccc1CC(=O)OC.C=CC(O)CC.CC.CC/C=C/Cc1cccc(CC(=O)OC)c1O.CCCCCc1cccc(CC(=O)O)c1O.CCCCCc1cccc(CC(=O)OC)c1O.CCCCCc1cccc(CC(=O)[O-])c1O.CO.CO.COC(=O)Cc1ccccc1O.O=C(O)Cc1ccccc1O.O=CO[O-].O=S(=O)(O)O.[Li+].[Na+].[Na+].[OH-]. The summed E-state index contributed by atoms with van der Waals surface area (Å²) in [5, 5.41) is 117. The Morgan fingerprint density at radius 1 is 0.420 bits per heavy atom. The molecule has 36 heteroatoms. The van der Waals surface area contributed by atoms with E-state index in [9.17, 15) is 64.2 Å². The van der Waals surface area contributed by atoms with Gasteiger partial charge in [0.15, 0.2) is 0 Å². The van der Waals surface area contributed by atoms with Crippen molar-refractivity contribution in [1.82, 2.24) is 0 Å². The molecule has 0 heterocycles. The third kappa shape index (κ3) is 76.6. The molecule has 0 radical (unpaired) electrons. The number of methoxy groups -OCH3 is 4. The van der Waals surface area contributed by atoms with Crippen LogP contribution in [0.2, 0.25) is 0 Å². The Balaban J connectivity index is -0.000000157. The van der Waals surface area contributed by atoms with Gasteiger partial charge in [-0.25, -0.2) is 0 Å². The van der Waals surface area contributed by atoms with Gasteiger partial charge in [-0.2, -0.15) is 8.42 Å². The van der Waals surface area contributed by atoms with Gasteiger partial charge in [0.05, 0.1) is 73.1 Å². The molecule has 2 unspecified atom stereocenters. The molecule has 32 nitrogen and oxygen atoms in total. The van der Waals surface area contributed by atoms with E-state index in [1.807, 2.05) is 101 Å². The number of aromatic hydroxyl groups is 6. The Hall–Kier alpha value is -9.61. The van der Waals surface area contributed by atoms with Crippen LogP contribution in [0.5, 0.6) is 40.2 Å². The van der Waals surface area contributed by atoms with Gasteiger partial charge in [0.2, 0.25) is 0 Å². The Morgan fingerprint density at radius 2 is 0.695 bits per heavy atom. The molecule has 7 aromatic carbocycles. The van der Waals surface area contributed by atoms with Crippen molar-refractivity contribution >= 4 is 58.7 Å². The summed E-state index contributed by atoms with van der Waals surface area (Å²) in [5.41, 5.74) is 7.49. The predicted octanol–water partition coefficient (Wildman–Crippen LogP) is 4.30. The zero-order valence-electron chi connectivity index (χ0n) is 79.1. The number of ether oxygens (including phenoxy) is 5. The maximum absolute atomic E-state index is 11.3. The summed E-state index contributed by atoms with van der Waals surface area (Å²) in [6.45, 7) is 23.3. The number of phenols is 6. The number of hydrogen-bond acceptors (Lipinski definition) is 28. The van der Waals surface area contributed by atoms with Crippen molar-refractivity contribution in [3.63, 3.8) is 0 Å². The molecule has 0 aliphatic heterocycles. The van der Waals surface area contributed by atoms with Gasteiger partial charge < -0.3 is 105 Å². The predicted molar refractivity (Wildman–Crippen MR) is 484 cm³/mol. The van der Waals surface area contributed by atoms with E-state index in [0.29, 0.717) is 45.6 Å². The number of aliphatic hydroxyl groups is 3. The van der Waals surface area contributed by atoms with E-state index in [0.717, 1.165) is 138 Å². The summed E-state index contributed by atoms with van der Waals surface area (Å²) >= 11 is 0. The quantitative estimate of drug-likeness (QED) is 0.00299. The van der Waals surface area contributed by atoms with Crippen LogP contribution in [0.3, 0.4) is 0 Å². The van der Waals surface area contributed by atoms with Crippen LogP contribution in [0.15, 0.2) is 183 Å². The van der Waals surface area contributed by atoms with E-state index in [2.05, 4.69) is 64.7 Å². The first kappa shape index (κ1) is 142. The number of para-hydroxylation sites is 7. The Labute approximate surface area is 829 Å². The number of phenolic OH excluding ortho intramolecular Hbond substituents is 6. The van der Waals surface area contributed by atoms with Crippen molar-refractivity contribution in [2.24, 2.45) is 0 Å². The molecule has 0 saturated carbocycles. The molecule has 131 heavy (non-hydrogen) atoms. The number of carboxylic acids is 3. The second kappa shape index (κ2) is 93.6. The number of aliphatic hydroxyl groups excluding tert-OH is 3. The van der Waals surface area contributed by atoms with Crippen LogP contribution < -0.4 is 93.1 Å². The summed E-state index contributed by atoms with van der Waals surface area (Å²) in [6, 6.07) is 42.1. The minimum absolute atomic E-state index is 0. The molecule has 0 fully saturated rings. The molecule has 0 spiro atoms. The third-order valence-electron chi connectivity index (χ3n) is 16.6. The Morgan fingerprint density at radius 3 is 0.977 bits per heavy atom. The zero-order chi connectivity index (χ0) is 98.1. The number of aliphatic carboxylic acids is 3. The van der Waals surface area contributed by atoms with Crippen LogP contribution in [0.25, 0.3) is 0 Å². The Kier molecular flexibility index (Phi) is 101. The molecular formula is C95H137LiNa2O32S. The fourth-order valence-corrected chi connectivity index (χ4v) is 10.1. The number of unbranched alkanes of at least 4 members (excludes halogenated alkanes) is 6. The summed E-state index contributed by atoms with van der Waals surface area (Å²) in [5.74, 6) is -2.73. The Bertz CT molecular complexity index is 4240. The third-order valence-corrected chi connectivity index (χ3v) is 16.6. The van der Waals surface area contributed by atoms with Crippen LogP contribution in [-0.4, -0.2) is 182 Å². The van der Waals surface area contributed by atoms with Gasteiger partial charge in [-0.3, -0.25) is 42.7 Å². The maximum Gasteiger partial charge on any atom is 1.00 e. The standard InChI is InChI=1S/C14H18O3.C14H20O3.C14H18O3.2C13H18O3.C9H10O3.C8H8O3.C5H10O.C2H6.CH2O3.2CH4O.Li.2Na.H2O4S.H2O/c1-4-12(5-2)17-13-9-7-6-8-11(13)10-14(15)16-3;2*1-3-4-5-7-11-8-6-9-12(14(11)16)10-13(15)17-2;2*1-2-3-4-6-10-7-5-8-11(13(10)16)9-12(14)15;1-12-9(11)6-7-4-2-3-5-8(7)10;9-7-4-2-1-3-6(7)5-8(10)11;1-3-5(6)4-2;1-2;2-1-4-3;2*1-2;;;;1-5(2,3)4;/h4,6-9,12H,1,5,10H2,2-3H3;6,8-9,16H,3-5,7,10H2,1-2H3;4-6,8-9,16H,3,7,10H2,1-2H3;2*5,7-8,16H,2-4,6,9H2,1H3,(H,14,15);2-5,10H,6H2,1H3;1-4,9H,5H2,(H,10,11);3,5-6H,1,4H2,2H3;1-2H3;1,3H;2*2H,1H3;;;;(H2,1,2,3,4);1H2/q;;;;;;;;;;;;3*+1;;/p-3/b;;5-4+;;;;;;;;;;;;;;. The molecule has 14 N–H and O–H groups in total. The van der Waals surface area contributed by atoms with Crippen molar-refractivity contribution in [2.75, 3.05) is 42.7 Å². The average Bonchev–Trinajstić information content (AvgIpc) is 0.847. The molecule has 0 saturated heterocycles. The number of carbonyl (C=O) groups excluding carboxylic acids is 6. The van der Waals surface area contributed by atoms with Crippen molar-refractivity contribution in [3.05, 3.63) is 244 Å². The number of carbonyl (C=O) groups is 8. The molecule has 0 bridgehead atoms. The van der Waals surface area contributed by atoms with Crippen LogP contribution in [-0.2, 0) is 143 Å². The zero-order valence-corrected chi connectivity index (χ0v) is 83.9. The first-order valence-electron chi connectivity index (χ1n) is 40.8. The van der Waals surface area contributed by atoms with Crippen LogP contribution in [0.4, 0.5) is 0 Å². The van der Waals surface area contributed by atoms with Gasteiger partial charge in [-0.1, -0.05) is 252 Å². The van der Waals surface area contributed by atoms with E-state index >= 15 is 0 Å². The van der Waals surface area contributed by atoms with Gasteiger partial charge in [0.1, 0.15) is 46.4 Å². The normalized spacial score (nSPS) is 9.77. The first-order chi connectivity index (χ1) is 60.5. The molecule has 718 valence electrons. The van der Waals surface area contributed by atoms with E-state index in [1.165, 1.54) is 46.6 Å². The molecular weight excluding hydrogens is 1740 g/mol. The second-order valence-electron chi connectivity index (χ2n) is 25.9. The number of esters is 4. The first-order valence-corrected chi connectivity index (χ1v) is 42.2. The van der Waals surface area contributed by atoms with Crippen LogP contribution in [0, 0.1) is 0 Å². The summed E-state index contributed by atoms with van der Waals surface area (Å²) in [4.78, 5) is 86.9. The minimum Gasteiger partial charge on any atom is -0.870 e. The molecule has 0 aromatic heterocycles. The van der Waals surface area contributed by atoms with E-state index in [-0.39, 0.29) is 205 Å². The number of carboxylic acid groups (broad SMARTS) is 3. The van der Waals surface area contributed by atoms with Crippen molar-refractivity contribution < 1.29 is 234 Å². The largest absolute Gasteiger partial charge is 1.00 e. The van der Waals surface area contributed by atoms with Crippen LogP contribution in [0.1, 0.15) is 194 Å². The van der Waals surface area contributed by atoms with Gasteiger partial charge in [0, 0.05) is 60.0 Å². The molecule has 7 rings (SSSR count). The maximum atomic E-state index is 11.3. The molecule has 7 aromatic rings. The summed E-state index contributed by atoms with van der Waals surface area (Å²) in [7, 11) is 2.73. The molecule has 0 amide bonds. The minimum atomic E-state index is -4.67.